The van der Waals surface area contributed by atoms with Crippen molar-refractivity contribution in [2.45, 2.75) is 17.9 Å². The number of nitrogen functional groups attached to an aromatic ring is 1. The van der Waals surface area contributed by atoms with Crippen LogP contribution in [0.25, 0.3) is 0 Å². The predicted octanol–water partition coefficient (Wildman–Crippen LogP) is 0.863. The summed E-state index contributed by atoms with van der Waals surface area (Å²) in [4.78, 5) is 8.47. The van der Waals surface area contributed by atoms with E-state index >= 15 is 0 Å². The first-order chi connectivity index (χ1) is 9.03. The number of nitrogens with two attached hydrogens (primary N) is 1. The van der Waals surface area contributed by atoms with Gasteiger partial charge in [-0.1, -0.05) is 6.07 Å². The van der Waals surface area contributed by atoms with Gasteiger partial charge in [-0.15, -0.1) is 11.3 Å². The Bertz CT molecular complexity index is 624. The fraction of sp³-hybridized carbons (Fsp3) is 0.200. The number of anilines is 1. The fourth-order valence-electron chi connectivity index (χ4n) is 1.43. The van der Waals surface area contributed by atoms with Crippen LogP contribution >= 0.6 is 11.3 Å². The van der Waals surface area contributed by atoms with Crippen molar-refractivity contribution in [2.24, 2.45) is 5.84 Å². The number of hydrogen-bond acceptors (Lipinski definition) is 7. The molecule has 0 aromatic carbocycles. The van der Waals surface area contributed by atoms with Crippen molar-refractivity contribution >= 4 is 27.3 Å². The molecule has 0 fully saturated rings. The zero-order valence-corrected chi connectivity index (χ0v) is 11.7. The van der Waals surface area contributed by atoms with E-state index in [0.717, 1.165) is 4.88 Å². The van der Waals surface area contributed by atoms with Crippen molar-refractivity contribution in [2.75, 3.05) is 5.43 Å². The van der Waals surface area contributed by atoms with Gasteiger partial charge in [0.15, 0.2) is 0 Å². The first-order valence-corrected chi connectivity index (χ1v) is 7.73. The molecule has 0 aliphatic carbocycles. The summed E-state index contributed by atoms with van der Waals surface area (Å²) in [5, 5.41) is 1.89. The molecular weight excluding hydrogens is 286 g/mol. The molecular formula is C10H13N5O2S2. The lowest BCUT2D eigenvalue weighted by molar-refractivity contribution is 0.567. The average molecular weight is 299 g/mol. The molecule has 0 radical (unpaired) electrons. The lowest BCUT2D eigenvalue weighted by atomic mass is 10.3. The Morgan fingerprint density at radius 2 is 2.05 bits per heavy atom. The molecule has 102 valence electrons. The van der Waals surface area contributed by atoms with Crippen LogP contribution in [-0.2, 0) is 10.0 Å². The Balaban J connectivity index is 2.17. The van der Waals surface area contributed by atoms with Crippen LogP contribution in [0.2, 0.25) is 0 Å². The van der Waals surface area contributed by atoms with Crippen molar-refractivity contribution in [3.63, 3.8) is 0 Å². The van der Waals surface area contributed by atoms with Gasteiger partial charge in [0.2, 0.25) is 16.0 Å². The molecule has 7 nitrogen and oxygen atoms in total. The number of nitrogens with one attached hydrogen (secondary N) is 2. The highest BCUT2D eigenvalue weighted by Crippen LogP contribution is 2.20. The largest absolute Gasteiger partial charge is 0.292 e. The van der Waals surface area contributed by atoms with Crippen LogP contribution in [0.5, 0.6) is 0 Å². The Labute approximate surface area is 114 Å². The molecule has 0 aliphatic rings. The van der Waals surface area contributed by atoms with Gasteiger partial charge in [0.1, 0.15) is 4.90 Å². The second-order valence-electron chi connectivity index (χ2n) is 3.75. The molecule has 0 bridgehead atoms. The van der Waals surface area contributed by atoms with E-state index in [2.05, 4.69) is 20.1 Å². The van der Waals surface area contributed by atoms with E-state index in [-0.39, 0.29) is 16.9 Å². The van der Waals surface area contributed by atoms with Gasteiger partial charge in [0.05, 0.1) is 18.4 Å². The number of thiophene rings is 1. The molecule has 19 heavy (non-hydrogen) atoms. The minimum atomic E-state index is -3.65. The zero-order valence-electron chi connectivity index (χ0n) is 10.1. The van der Waals surface area contributed by atoms with Crippen LogP contribution in [0.4, 0.5) is 5.95 Å². The molecule has 0 amide bonds. The number of hydrogen-bond donors (Lipinski definition) is 3. The summed E-state index contributed by atoms with van der Waals surface area (Å²) in [6.45, 7) is 1.78. The van der Waals surface area contributed by atoms with Crippen LogP contribution in [0.15, 0.2) is 34.8 Å². The Morgan fingerprint density at radius 3 is 2.58 bits per heavy atom. The third kappa shape index (κ3) is 3.26. The monoisotopic (exact) mass is 299 g/mol. The molecule has 2 rings (SSSR count). The molecule has 0 spiro atoms. The number of rotatable bonds is 5. The van der Waals surface area contributed by atoms with E-state index in [0.29, 0.717) is 0 Å². The maximum absolute atomic E-state index is 12.1. The van der Waals surface area contributed by atoms with Crippen molar-refractivity contribution < 1.29 is 8.42 Å². The molecule has 2 aromatic rings. The maximum atomic E-state index is 12.1. The summed E-state index contributed by atoms with van der Waals surface area (Å²) in [6.07, 6.45) is 2.40. The molecule has 2 aromatic heterocycles. The van der Waals surface area contributed by atoms with Gasteiger partial charge in [0, 0.05) is 4.88 Å². The summed E-state index contributed by atoms with van der Waals surface area (Å²) < 4.78 is 26.8. The summed E-state index contributed by atoms with van der Waals surface area (Å²) in [5.74, 6) is 5.27. The Hall–Kier alpha value is -1.55. The number of aromatic nitrogens is 2. The molecule has 0 aliphatic heterocycles. The quantitative estimate of drug-likeness (QED) is 0.558. The summed E-state index contributed by atoms with van der Waals surface area (Å²) in [6, 6.07) is 3.43. The van der Waals surface area contributed by atoms with Gasteiger partial charge >= 0.3 is 0 Å². The standard InChI is InChI=1S/C10H13N5O2S2/c1-7(9-3-2-4-18-9)15-19(16,17)8-5-12-10(14-11)13-6-8/h2-7,15H,11H2,1H3,(H,12,13,14). The third-order valence-electron chi connectivity index (χ3n) is 2.37. The van der Waals surface area contributed by atoms with E-state index in [1.165, 1.54) is 23.7 Å². The third-order valence-corrected chi connectivity index (χ3v) is 4.92. The highest BCUT2D eigenvalue weighted by molar-refractivity contribution is 7.89. The van der Waals surface area contributed by atoms with Gasteiger partial charge in [-0.3, -0.25) is 5.43 Å². The first kappa shape index (κ1) is 13.9. The van der Waals surface area contributed by atoms with Crippen LogP contribution in [0.1, 0.15) is 17.8 Å². The molecule has 9 heteroatoms. The van der Waals surface area contributed by atoms with E-state index < -0.39 is 10.0 Å². The number of nitrogens with zero attached hydrogens (tertiary/aromatic N) is 2. The molecule has 4 N–H and O–H groups in total. The second-order valence-corrected chi connectivity index (χ2v) is 6.44. The Kier molecular flexibility index (Phi) is 4.10. The lowest BCUT2D eigenvalue weighted by Crippen LogP contribution is -2.26. The zero-order chi connectivity index (χ0) is 13.9. The van der Waals surface area contributed by atoms with Crippen molar-refractivity contribution in [1.82, 2.24) is 14.7 Å². The first-order valence-electron chi connectivity index (χ1n) is 5.37. The van der Waals surface area contributed by atoms with Gasteiger partial charge in [-0.05, 0) is 18.4 Å². The minimum absolute atomic E-state index is 0.00472. The number of hydrazine groups is 1. The van der Waals surface area contributed by atoms with Gasteiger partial charge < -0.3 is 0 Å². The van der Waals surface area contributed by atoms with Crippen LogP contribution in [-0.4, -0.2) is 18.4 Å². The predicted molar refractivity (Wildman–Crippen MR) is 72.9 cm³/mol. The smallest absolute Gasteiger partial charge is 0.244 e. The minimum Gasteiger partial charge on any atom is -0.292 e. The normalized spacial score (nSPS) is 13.2. The summed E-state index contributed by atoms with van der Waals surface area (Å²) in [7, 11) is -3.65. The summed E-state index contributed by atoms with van der Waals surface area (Å²) in [5.41, 5.74) is 2.23. The van der Waals surface area contributed by atoms with E-state index in [1.54, 1.807) is 6.92 Å². The number of sulfonamides is 1. The highest BCUT2D eigenvalue weighted by atomic mass is 32.2. The van der Waals surface area contributed by atoms with Gasteiger partial charge in [-0.2, -0.15) is 0 Å². The SMILES string of the molecule is CC(NS(=O)(=O)c1cnc(NN)nc1)c1cccs1. The van der Waals surface area contributed by atoms with Crippen molar-refractivity contribution in [3.05, 3.63) is 34.8 Å². The van der Waals surface area contributed by atoms with Crippen LogP contribution < -0.4 is 16.0 Å². The summed E-state index contributed by atoms with van der Waals surface area (Å²) >= 11 is 1.49. The van der Waals surface area contributed by atoms with Crippen LogP contribution in [0.3, 0.4) is 0 Å². The Morgan fingerprint density at radius 1 is 1.37 bits per heavy atom. The van der Waals surface area contributed by atoms with Crippen LogP contribution in [0, 0.1) is 0 Å². The molecule has 1 atom stereocenters. The lowest BCUT2D eigenvalue weighted by Gasteiger charge is -2.12. The van der Waals surface area contributed by atoms with E-state index in [1.807, 2.05) is 17.5 Å². The molecule has 0 saturated heterocycles. The topological polar surface area (TPSA) is 110 Å². The van der Waals surface area contributed by atoms with Gasteiger partial charge in [-0.25, -0.2) is 29.0 Å². The molecule has 0 saturated carbocycles. The average Bonchev–Trinajstić information content (AvgIpc) is 2.92. The van der Waals surface area contributed by atoms with Crippen molar-refractivity contribution in [1.29, 1.82) is 0 Å². The highest BCUT2D eigenvalue weighted by Gasteiger charge is 2.19. The molecule has 1 unspecified atom stereocenters. The van der Waals surface area contributed by atoms with E-state index in [4.69, 9.17) is 5.84 Å². The maximum Gasteiger partial charge on any atom is 0.244 e. The fourth-order valence-corrected chi connectivity index (χ4v) is 3.35. The van der Waals surface area contributed by atoms with Gasteiger partial charge in [0.25, 0.3) is 0 Å². The second kappa shape index (κ2) is 5.61. The van der Waals surface area contributed by atoms with E-state index in [9.17, 15) is 8.42 Å². The van der Waals surface area contributed by atoms with Crippen molar-refractivity contribution in [3.8, 4) is 0 Å². The molecule has 2 heterocycles.